The average Bonchev–Trinajstić information content (AvgIpc) is 2.49. The molecule has 2 aromatic carbocycles. The van der Waals surface area contributed by atoms with Gasteiger partial charge in [0, 0.05) is 10.7 Å². The molecule has 0 aliphatic carbocycles. The van der Waals surface area contributed by atoms with Crippen LogP contribution in [0.4, 0.5) is 18.9 Å². The molecule has 0 unspecified atom stereocenters. The monoisotopic (exact) mass is 465 g/mol. The molecule has 7 heteroatoms. The summed E-state index contributed by atoms with van der Waals surface area (Å²) in [6.07, 6.45) is -4.90. The lowest BCUT2D eigenvalue weighted by Crippen LogP contribution is -2.30. The van der Waals surface area contributed by atoms with Crippen molar-refractivity contribution in [3.05, 3.63) is 50.6 Å². The summed E-state index contributed by atoms with van der Waals surface area (Å²) < 4.78 is 37.6. The summed E-state index contributed by atoms with van der Waals surface area (Å²) >= 11 is 1.92. The van der Waals surface area contributed by atoms with Crippen molar-refractivity contribution in [2.45, 2.75) is 26.9 Å². The number of benzene rings is 2. The van der Waals surface area contributed by atoms with Gasteiger partial charge < -0.3 is 10.4 Å². The summed E-state index contributed by atoms with van der Waals surface area (Å²) in [6.45, 7) is 6.02. The van der Waals surface area contributed by atoms with Gasteiger partial charge in [0.05, 0.1) is 5.69 Å². The van der Waals surface area contributed by atoms with Gasteiger partial charge in [-0.2, -0.15) is 13.2 Å². The number of carbonyl (C=O) groups excluding carboxylic acids is 1. The van der Waals surface area contributed by atoms with E-state index >= 15 is 0 Å². The maximum absolute atomic E-state index is 12.3. The first-order valence-electron chi connectivity index (χ1n) is 7.30. The van der Waals surface area contributed by atoms with Crippen LogP contribution in [-0.4, -0.2) is 24.3 Å². The zero-order valence-corrected chi connectivity index (χ0v) is 16.4. The maximum atomic E-state index is 12.3. The molecular formula is C18H19F3INO2. The molecule has 136 valence electrons. The zero-order chi connectivity index (χ0) is 19.4. The lowest BCUT2D eigenvalue weighted by atomic mass is 9.94. The Balaban J connectivity index is 0.00000151. The van der Waals surface area contributed by atoms with Crippen LogP contribution in [0.2, 0.25) is 0 Å². The summed E-state index contributed by atoms with van der Waals surface area (Å²) in [5.74, 6) is -1.97. The quantitative estimate of drug-likeness (QED) is 0.614. The minimum atomic E-state index is -4.90. The molecule has 0 saturated heterocycles. The second kappa shape index (κ2) is 8.66. The van der Waals surface area contributed by atoms with Crippen LogP contribution < -0.4 is 5.32 Å². The molecule has 0 saturated carbocycles. The minimum Gasteiger partial charge on any atom is -0.400 e. The highest BCUT2D eigenvalue weighted by Crippen LogP contribution is 2.32. The molecule has 25 heavy (non-hydrogen) atoms. The van der Waals surface area contributed by atoms with E-state index in [2.05, 4.69) is 12.1 Å². The first-order valence-corrected chi connectivity index (χ1v) is 8.38. The van der Waals surface area contributed by atoms with E-state index in [4.69, 9.17) is 5.11 Å². The van der Waals surface area contributed by atoms with Gasteiger partial charge in [0.1, 0.15) is 0 Å². The van der Waals surface area contributed by atoms with Crippen molar-refractivity contribution >= 4 is 34.2 Å². The number of rotatable bonds is 2. The number of anilines is 1. The molecule has 0 aliphatic heterocycles. The number of hydrogen-bond donors (Lipinski definition) is 2. The smallest absolute Gasteiger partial charge is 0.400 e. The number of amides is 1. The number of carbonyl (C=O) groups is 1. The average molecular weight is 465 g/mol. The van der Waals surface area contributed by atoms with Crippen molar-refractivity contribution in [1.82, 2.24) is 0 Å². The van der Waals surface area contributed by atoms with Crippen LogP contribution >= 0.6 is 22.6 Å². The Morgan fingerprint density at radius 2 is 1.56 bits per heavy atom. The lowest BCUT2D eigenvalue weighted by Gasteiger charge is -2.14. The van der Waals surface area contributed by atoms with E-state index in [1.54, 1.807) is 12.1 Å². The van der Waals surface area contributed by atoms with Crippen LogP contribution in [0.25, 0.3) is 11.1 Å². The van der Waals surface area contributed by atoms with Gasteiger partial charge in [-0.1, -0.05) is 23.8 Å². The van der Waals surface area contributed by atoms with E-state index in [0.717, 1.165) is 34.9 Å². The van der Waals surface area contributed by atoms with Crippen LogP contribution in [0.5, 0.6) is 0 Å². The third-order valence-corrected chi connectivity index (χ3v) is 4.33. The second-order valence-electron chi connectivity index (χ2n) is 5.42. The van der Waals surface area contributed by atoms with Crippen molar-refractivity contribution < 1.29 is 23.1 Å². The zero-order valence-electron chi connectivity index (χ0n) is 14.3. The van der Waals surface area contributed by atoms with E-state index < -0.39 is 12.1 Å². The number of halogens is 4. The summed E-state index contributed by atoms with van der Waals surface area (Å²) in [5.41, 5.74) is 5.49. The predicted molar refractivity (Wildman–Crippen MR) is 102 cm³/mol. The molecular weight excluding hydrogens is 446 g/mol. The molecule has 2 N–H and O–H groups in total. The van der Waals surface area contributed by atoms with Crippen LogP contribution in [0.3, 0.4) is 0 Å². The van der Waals surface area contributed by atoms with Crippen molar-refractivity contribution in [3.8, 4) is 11.1 Å². The first kappa shape index (κ1) is 21.4. The second-order valence-corrected chi connectivity index (χ2v) is 6.58. The van der Waals surface area contributed by atoms with Crippen molar-refractivity contribution in [1.29, 1.82) is 0 Å². The highest BCUT2D eigenvalue weighted by atomic mass is 127. The number of hydrogen-bond acceptors (Lipinski definition) is 2. The van der Waals surface area contributed by atoms with E-state index in [0.29, 0.717) is 3.57 Å². The molecule has 0 aromatic heterocycles. The standard InChI is InChI=1S/C17H15F3INO.CH4O/c1-9-6-10(2)15(11(3)7-9)12-4-5-14(13(21)8-12)22-16(23)17(18,19)20;1-2/h4-8H,1-3H3,(H,22,23);2H,1H3. The predicted octanol–water partition coefficient (Wildman–Crippen LogP) is 4.99. The number of alkyl halides is 3. The lowest BCUT2D eigenvalue weighted by molar-refractivity contribution is -0.167. The van der Waals surface area contributed by atoms with Crippen LogP contribution in [0, 0.1) is 24.3 Å². The third-order valence-electron chi connectivity index (χ3n) is 3.44. The Morgan fingerprint density at radius 3 is 2.00 bits per heavy atom. The van der Waals surface area contributed by atoms with Crippen LogP contribution in [0.1, 0.15) is 16.7 Å². The summed E-state index contributed by atoms with van der Waals surface area (Å²) in [6, 6.07) is 9.12. The molecule has 0 atom stereocenters. The normalized spacial score (nSPS) is 10.8. The number of aliphatic hydroxyl groups excluding tert-OH is 1. The van der Waals surface area contributed by atoms with E-state index in [1.807, 2.05) is 48.7 Å². The van der Waals surface area contributed by atoms with Gasteiger partial charge in [-0.05, 0) is 77.7 Å². The molecule has 0 heterocycles. The molecule has 0 spiro atoms. The Morgan fingerprint density at radius 1 is 1.04 bits per heavy atom. The summed E-state index contributed by atoms with van der Waals surface area (Å²) in [4.78, 5) is 11.0. The number of nitrogens with one attached hydrogen (secondary N) is 1. The fourth-order valence-corrected chi connectivity index (χ4v) is 3.25. The highest BCUT2D eigenvalue weighted by Gasteiger charge is 2.38. The Bertz CT molecular complexity index is 750. The van der Waals surface area contributed by atoms with Gasteiger partial charge in [0.15, 0.2) is 0 Å². The molecule has 0 aliphatic rings. The SMILES string of the molecule is CO.Cc1cc(C)c(-c2ccc(NC(=O)C(F)(F)F)c(I)c2)c(C)c1. The maximum Gasteiger partial charge on any atom is 0.471 e. The van der Waals surface area contributed by atoms with E-state index in [1.165, 1.54) is 6.07 Å². The van der Waals surface area contributed by atoms with Gasteiger partial charge in [-0.25, -0.2) is 0 Å². The Kier molecular flexibility index (Phi) is 7.43. The molecule has 1 amide bonds. The van der Waals surface area contributed by atoms with Crippen molar-refractivity contribution in [2.24, 2.45) is 0 Å². The van der Waals surface area contributed by atoms with Gasteiger partial charge >= 0.3 is 12.1 Å². The fourth-order valence-electron chi connectivity index (χ4n) is 2.60. The van der Waals surface area contributed by atoms with E-state index in [9.17, 15) is 18.0 Å². The van der Waals surface area contributed by atoms with Crippen LogP contribution in [0.15, 0.2) is 30.3 Å². The molecule has 3 nitrogen and oxygen atoms in total. The number of aliphatic hydroxyl groups is 1. The minimum absolute atomic E-state index is 0.152. The molecule has 0 bridgehead atoms. The first-order chi connectivity index (χ1) is 11.6. The summed E-state index contributed by atoms with van der Waals surface area (Å²) in [5, 5.41) is 8.90. The van der Waals surface area contributed by atoms with Gasteiger partial charge in [-0.15, -0.1) is 0 Å². The summed E-state index contributed by atoms with van der Waals surface area (Å²) in [7, 11) is 1.00. The fraction of sp³-hybridized carbons (Fsp3) is 0.278. The van der Waals surface area contributed by atoms with E-state index in [-0.39, 0.29) is 5.69 Å². The number of aryl methyl sites for hydroxylation is 3. The largest absolute Gasteiger partial charge is 0.471 e. The Hall–Kier alpha value is -1.61. The molecule has 2 aromatic rings. The topological polar surface area (TPSA) is 49.3 Å². The molecule has 2 rings (SSSR count). The molecule has 0 radical (unpaired) electrons. The third kappa shape index (κ3) is 5.43. The molecule has 0 fully saturated rings. The van der Waals surface area contributed by atoms with Gasteiger partial charge in [0.2, 0.25) is 0 Å². The van der Waals surface area contributed by atoms with Crippen molar-refractivity contribution in [2.75, 3.05) is 12.4 Å². The highest BCUT2D eigenvalue weighted by molar-refractivity contribution is 14.1. The Labute approximate surface area is 158 Å². The van der Waals surface area contributed by atoms with Gasteiger partial charge in [-0.3, -0.25) is 4.79 Å². The van der Waals surface area contributed by atoms with Crippen LogP contribution in [-0.2, 0) is 4.79 Å². The van der Waals surface area contributed by atoms with Gasteiger partial charge in [0.25, 0.3) is 0 Å². The van der Waals surface area contributed by atoms with Crippen molar-refractivity contribution in [3.63, 3.8) is 0 Å².